The normalized spacial score (nSPS) is 10.6. The van der Waals surface area contributed by atoms with Gasteiger partial charge in [0.25, 0.3) is 0 Å². The van der Waals surface area contributed by atoms with Crippen molar-refractivity contribution >= 4 is 45.7 Å². The van der Waals surface area contributed by atoms with Gasteiger partial charge in [0.15, 0.2) is 4.34 Å². The SMILES string of the molecule is O=C(CCc1ccccc1)Nc1nnc(SCc2cccc(Cl)c2)s1. The van der Waals surface area contributed by atoms with Crippen LogP contribution in [0.3, 0.4) is 0 Å². The number of benzene rings is 2. The molecule has 0 fully saturated rings. The van der Waals surface area contributed by atoms with Gasteiger partial charge in [0.2, 0.25) is 11.0 Å². The van der Waals surface area contributed by atoms with Gasteiger partial charge in [0.05, 0.1) is 0 Å². The number of amides is 1. The fourth-order valence-corrected chi connectivity index (χ4v) is 4.10. The minimum atomic E-state index is -0.0496. The van der Waals surface area contributed by atoms with Crippen molar-refractivity contribution in [3.63, 3.8) is 0 Å². The quantitative estimate of drug-likeness (QED) is 0.453. The average molecular weight is 390 g/mol. The molecule has 0 radical (unpaired) electrons. The molecule has 128 valence electrons. The third-order valence-corrected chi connectivity index (χ3v) is 5.67. The molecule has 0 bridgehead atoms. The maximum Gasteiger partial charge on any atom is 0.226 e. The molecule has 4 nitrogen and oxygen atoms in total. The summed E-state index contributed by atoms with van der Waals surface area (Å²) in [4.78, 5) is 12.0. The molecular weight excluding hydrogens is 374 g/mol. The van der Waals surface area contributed by atoms with E-state index in [9.17, 15) is 4.79 Å². The lowest BCUT2D eigenvalue weighted by Crippen LogP contribution is -2.12. The highest BCUT2D eigenvalue weighted by molar-refractivity contribution is 8.00. The molecule has 1 amide bonds. The Morgan fingerprint density at radius 3 is 2.68 bits per heavy atom. The van der Waals surface area contributed by atoms with Crippen molar-refractivity contribution in [1.29, 1.82) is 0 Å². The summed E-state index contributed by atoms with van der Waals surface area (Å²) in [7, 11) is 0. The summed E-state index contributed by atoms with van der Waals surface area (Å²) < 4.78 is 0.818. The van der Waals surface area contributed by atoms with Crippen LogP contribution in [0, 0.1) is 0 Å². The predicted molar refractivity (Wildman–Crippen MR) is 104 cm³/mol. The Morgan fingerprint density at radius 2 is 1.88 bits per heavy atom. The van der Waals surface area contributed by atoms with Gasteiger partial charge in [-0.2, -0.15) is 0 Å². The van der Waals surface area contributed by atoms with Gasteiger partial charge in [-0.05, 0) is 29.7 Å². The number of anilines is 1. The number of hydrogen-bond donors (Lipinski definition) is 1. The van der Waals surface area contributed by atoms with Crippen molar-refractivity contribution in [1.82, 2.24) is 10.2 Å². The molecule has 0 aliphatic rings. The topological polar surface area (TPSA) is 54.9 Å². The molecule has 1 heterocycles. The molecule has 1 aromatic heterocycles. The van der Waals surface area contributed by atoms with Gasteiger partial charge in [-0.3, -0.25) is 4.79 Å². The van der Waals surface area contributed by atoms with Crippen LogP contribution in [0.25, 0.3) is 0 Å². The molecule has 0 unspecified atom stereocenters. The van der Waals surface area contributed by atoms with E-state index < -0.39 is 0 Å². The highest BCUT2D eigenvalue weighted by Gasteiger charge is 2.09. The Labute approximate surface area is 159 Å². The lowest BCUT2D eigenvalue weighted by molar-refractivity contribution is -0.116. The van der Waals surface area contributed by atoms with Crippen LogP contribution < -0.4 is 5.32 Å². The number of nitrogens with zero attached hydrogens (tertiary/aromatic N) is 2. The molecule has 25 heavy (non-hydrogen) atoms. The molecule has 0 spiro atoms. The van der Waals surface area contributed by atoms with Crippen molar-refractivity contribution in [2.45, 2.75) is 22.9 Å². The summed E-state index contributed by atoms with van der Waals surface area (Å²) in [6.07, 6.45) is 1.14. The van der Waals surface area contributed by atoms with Crippen molar-refractivity contribution in [2.75, 3.05) is 5.32 Å². The summed E-state index contributed by atoms with van der Waals surface area (Å²) in [5.74, 6) is 0.711. The number of carbonyl (C=O) groups excluding carboxylic acids is 1. The van der Waals surface area contributed by atoms with E-state index in [1.807, 2.05) is 54.6 Å². The van der Waals surface area contributed by atoms with E-state index in [-0.39, 0.29) is 5.91 Å². The second-order valence-corrected chi connectivity index (χ2v) is 7.96. The summed E-state index contributed by atoms with van der Waals surface area (Å²) in [5, 5.41) is 12.2. The van der Waals surface area contributed by atoms with Crippen molar-refractivity contribution < 1.29 is 4.79 Å². The largest absolute Gasteiger partial charge is 0.300 e. The molecule has 1 N–H and O–H groups in total. The van der Waals surface area contributed by atoms with Gasteiger partial charge in [0.1, 0.15) is 0 Å². The Kier molecular flexibility index (Phi) is 6.44. The number of aromatic nitrogens is 2. The summed E-state index contributed by atoms with van der Waals surface area (Å²) >= 11 is 8.94. The Balaban J connectivity index is 1.47. The van der Waals surface area contributed by atoms with Crippen LogP contribution >= 0.6 is 34.7 Å². The first-order chi connectivity index (χ1) is 12.2. The highest BCUT2D eigenvalue weighted by Crippen LogP contribution is 2.29. The monoisotopic (exact) mass is 389 g/mol. The first kappa shape index (κ1) is 17.9. The first-order valence-electron chi connectivity index (χ1n) is 7.73. The second-order valence-electron chi connectivity index (χ2n) is 5.33. The third kappa shape index (κ3) is 5.85. The lowest BCUT2D eigenvalue weighted by atomic mass is 10.1. The number of hydrogen-bond acceptors (Lipinski definition) is 5. The maximum atomic E-state index is 12.0. The standard InChI is InChI=1S/C18H16ClN3OS2/c19-15-8-4-7-14(11-15)12-24-18-22-21-17(25-18)20-16(23)10-9-13-5-2-1-3-6-13/h1-8,11H,9-10,12H2,(H,20,21,23). The third-order valence-electron chi connectivity index (χ3n) is 3.39. The van der Waals surface area contributed by atoms with Crippen LogP contribution in [0.2, 0.25) is 5.02 Å². The molecule has 0 atom stereocenters. The number of carbonyl (C=O) groups is 1. The molecule has 2 aromatic carbocycles. The number of nitrogens with one attached hydrogen (secondary N) is 1. The van der Waals surface area contributed by atoms with E-state index in [0.29, 0.717) is 18.0 Å². The van der Waals surface area contributed by atoms with Crippen molar-refractivity contribution in [2.24, 2.45) is 0 Å². The van der Waals surface area contributed by atoms with Gasteiger partial charge in [-0.25, -0.2) is 0 Å². The van der Waals surface area contributed by atoms with Crippen LogP contribution in [0.5, 0.6) is 0 Å². The van der Waals surface area contributed by atoms with Gasteiger partial charge in [-0.1, -0.05) is 77.2 Å². The van der Waals surface area contributed by atoms with E-state index >= 15 is 0 Å². The number of halogens is 1. The van der Waals surface area contributed by atoms with E-state index in [1.54, 1.807) is 11.8 Å². The van der Waals surface area contributed by atoms with Crippen LogP contribution in [0.15, 0.2) is 58.9 Å². The molecule has 0 aliphatic heterocycles. The fourth-order valence-electron chi connectivity index (χ4n) is 2.17. The maximum absolute atomic E-state index is 12.0. The predicted octanol–water partition coefficient (Wildman–Crippen LogP) is 5.06. The van der Waals surface area contributed by atoms with E-state index in [1.165, 1.54) is 11.3 Å². The Morgan fingerprint density at radius 1 is 1.08 bits per heavy atom. The number of aryl methyl sites for hydroxylation is 1. The zero-order valence-electron chi connectivity index (χ0n) is 13.3. The minimum Gasteiger partial charge on any atom is -0.300 e. The smallest absolute Gasteiger partial charge is 0.226 e. The van der Waals surface area contributed by atoms with Crippen LogP contribution in [0.4, 0.5) is 5.13 Å². The lowest BCUT2D eigenvalue weighted by Gasteiger charge is -2.01. The van der Waals surface area contributed by atoms with Crippen LogP contribution in [0.1, 0.15) is 17.5 Å². The average Bonchev–Trinajstić information content (AvgIpc) is 3.06. The van der Waals surface area contributed by atoms with E-state index in [4.69, 9.17) is 11.6 Å². The molecule has 3 rings (SSSR count). The molecule has 0 saturated carbocycles. The highest BCUT2D eigenvalue weighted by atomic mass is 35.5. The van der Waals surface area contributed by atoms with Gasteiger partial charge < -0.3 is 5.32 Å². The molecule has 3 aromatic rings. The molecule has 0 aliphatic carbocycles. The van der Waals surface area contributed by atoms with E-state index in [2.05, 4.69) is 15.5 Å². The zero-order chi connectivity index (χ0) is 17.5. The van der Waals surface area contributed by atoms with E-state index in [0.717, 1.165) is 26.2 Å². The number of thioether (sulfide) groups is 1. The number of rotatable bonds is 7. The van der Waals surface area contributed by atoms with Crippen LogP contribution in [-0.4, -0.2) is 16.1 Å². The minimum absolute atomic E-state index is 0.0496. The van der Waals surface area contributed by atoms with Crippen molar-refractivity contribution in [3.05, 3.63) is 70.7 Å². The fraction of sp³-hybridized carbons (Fsp3) is 0.167. The summed E-state index contributed by atoms with van der Waals surface area (Å²) in [6.45, 7) is 0. The van der Waals surface area contributed by atoms with Crippen molar-refractivity contribution in [3.8, 4) is 0 Å². The second kappa shape index (κ2) is 8.99. The summed E-state index contributed by atoms with van der Waals surface area (Å²) in [5.41, 5.74) is 2.27. The first-order valence-corrected chi connectivity index (χ1v) is 9.91. The van der Waals surface area contributed by atoms with Gasteiger partial charge >= 0.3 is 0 Å². The van der Waals surface area contributed by atoms with Crippen LogP contribution in [-0.2, 0) is 17.0 Å². The van der Waals surface area contributed by atoms with Gasteiger partial charge in [0, 0.05) is 17.2 Å². The molecule has 0 saturated heterocycles. The Hall–Kier alpha value is -1.89. The summed E-state index contributed by atoms with van der Waals surface area (Å²) in [6, 6.07) is 17.7. The van der Waals surface area contributed by atoms with Gasteiger partial charge in [-0.15, -0.1) is 10.2 Å². The Bertz CT molecular complexity index is 839. The zero-order valence-corrected chi connectivity index (χ0v) is 15.7. The molecular formula is C18H16ClN3OS2. The molecule has 7 heteroatoms.